The first kappa shape index (κ1) is 17.4. The molecule has 1 aromatic carbocycles. The van der Waals surface area contributed by atoms with Crippen molar-refractivity contribution in [2.24, 2.45) is 0 Å². The molecule has 0 saturated carbocycles. The van der Waals surface area contributed by atoms with E-state index in [4.69, 9.17) is 5.10 Å². The summed E-state index contributed by atoms with van der Waals surface area (Å²) in [5, 5.41) is 6.19. The Morgan fingerprint density at radius 1 is 1.18 bits per heavy atom. The third kappa shape index (κ3) is 3.05. The zero-order chi connectivity index (χ0) is 15.0. The Labute approximate surface area is 143 Å². The van der Waals surface area contributed by atoms with Crippen LogP contribution in [0.25, 0.3) is 17.0 Å². The minimum absolute atomic E-state index is 0. The molecular formula is C17H24ClN3S. The predicted octanol–water partition coefficient (Wildman–Crippen LogP) is 4.57. The molecular weight excluding hydrogens is 314 g/mol. The topological polar surface area (TPSA) is 21.1 Å². The number of allylic oxidation sites excluding steroid dienone is 1. The molecule has 1 aliphatic heterocycles. The Bertz CT molecular complexity index is 701. The molecule has 3 rings (SSSR count). The summed E-state index contributed by atoms with van der Waals surface area (Å²) in [4.78, 5) is 5.15. The minimum Gasteiger partial charge on any atom is -0.302 e. The normalized spacial score (nSPS) is 13.4. The van der Waals surface area contributed by atoms with Gasteiger partial charge in [-0.1, -0.05) is 31.7 Å². The zero-order valence-electron chi connectivity index (χ0n) is 13.7. The van der Waals surface area contributed by atoms with Crippen LogP contribution in [0.4, 0.5) is 0 Å². The van der Waals surface area contributed by atoms with Crippen LogP contribution in [-0.4, -0.2) is 34.3 Å². The van der Waals surface area contributed by atoms with E-state index >= 15 is 0 Å². The van der Waals surface area contributed by atoms with Gasteiger partial charge in [-0.3, -0.25) is 4.68 Å². The Balaban J connectivity index is 0.00000176. The van der Waals surface area contributed by atoms with Crippen LogP contribution in [0, 0.1) is 6.92 Å². The highest BCUT2D eigenvalue weighted by atomic mass is 35.5. The van der Waals surface area contributed by atoms with E-state index in [1.54, 1.807) is 0 Å². The number of hydrogen-bond acceptors (Lipinski definition) is 3. The summed E-state index contributed by atoms with van der Waals surface area (Å²) < 4.78 is 2.18. The highest BCUT2D eigenvalue weighted by molar-refractivity contribution is 8.03. The summed E-state index contributed by atoms with van der Waals surface area (Å²) in [5.74, 6) is 0. The Kier molecular flexibility index (Phi) is 5.59. The summed E-state index contributed by atoms with van der Waals surface area (Å²) in [6, 6.07) is 4.45. The van der Waals surface area contributed by atoms with E-state index in [1.165, 1.54) is 26.3 Å². The quantitative estimate of drug-likeness (QED) is 0.797. The molecule has 0 N–H and O–H groups in total. The summed E-state index contributed by atoms with van der Waals surface area (Å²) >= 11 is 1.88. The van der Waals surface area contributed by atoms with Crippen molar-refractivity contribution >= 4 is 41.1 Å². The number of likely N-dealkylation sites (N-methyl/N-ethyl adjacent to an activating group) is 1. The van der Waals surface area contributed by atoms with Crippen LogP contribution in [-0.2, 0) is 6.54 Å². The van der Waals surface area contributed by atoms with Crippen LogP contribution < -0.4 is 0 Å². The summed E-state index contributed by atoms with van der Waals surface area (Å²) in [5.41, 5.74) is 3.76. The third-order valence-electron chi connectivity index (χ3n) is 4.22. The summed E-state index contributed by atoms with van der Waals surface area (Å²) in [7, 11) is 0. The van der Waals surface area contributed by atoms with Crippen LogP contribution in [0.1, 0.15) is 32.0 Å². The SMILES string of the molecule is CCN(CC)CCn1nc2c3c(c(C)ccc31)SC(C)=C2.Cl. The molecule has 0 atom stereocenters. The predicted molar refractivity (Wildman–Crippen MR) is 99.0 cm³/mol. The van der Waals surface area contributed by atoms with Crippen molar-refractivity contribution in [1.29, 1.82) is 0 Å². The maximum absolute atomic E-state index is 4.85. The second kappa shape index (κ2) is 7.07. The van der Waals surface area contributed by atoms with Gasteiger partial charge in [-0.2, -0.15) is 5.10 Å². The van der Waals surface area contributed by atoms with Crippen molar-refractivity contribution in [3.05, 3.63) is 28.3 Å². The number of rotatable bonds is 5. The molecule has 0 saturated heterocycles. The molecule has 0 fully saturated rings. The molecule has 0 aliphatic carbocycles. The second-order valence-electron chi connectivity index (χ2n) is 5.60. The lowest BCUT2D eigenvalue weighted by molar-refractivity contribution is 0.287. The molecule has 0 bridgehead atoms. The van der Waals surface area contributed by atoms with Crippen molar-refractivity contribution in [3.8, 4) is 0 Å². The number of halogens is 1. The molecule has 120 valence electrons. The van der Waals surface area contributed by atoms with Crippen LogP contribution in [0.2, 0.25) is 0 Å². The second-order valence-corrected chi connectivity index (χ2v) is 6.85. The van der Waals surface area contributed by atoms with Gasteiger partial charge in [-0.05, 0) is 49.5 Å². The van der Waals surface area contributed by atoms with Gasteiger partial charge < -0.3 is 4.90 Å². The number of aromatic nitrogens is 2. The van der Waals surface area contributed by atoms with E-state index in [9.17, 15) is 0 Å². The molecule has 0 radical (unpaired) electrons. The maximum Gasteiger partial charge on any atom is 0.0949 e. The van der Waals surface area contributed by atoms with Crippen molar-refractivity contribution < 1.29 is 0 Å². The van der Waals surface area contributed by atoms with Gasteiger partial charge in [0, 0.05) is 16.8 Å². The van der Waals surface area contributed by atoms with E-state index in [0.29, 0.717) is 0 Å². The Morgan fingerprint density at radius 3 is 2.59 bits per heavy atom. The van der Waals surface area contributed by atoms with E-state index in [1.807, 2.05) is 11.8 Å². The van der Waals surface area contributed by atoms with Gasteiger partial charge in [0.2, 0.25) is 0 Å². The molecule has 0 unspecified atom stereocenters. The Morgan fingerprint density at radius 2 is 1.91 bits per heavy atom. The Hall–Kier alpha value is -0.970. The van der Waals surface area contributed by atoms with Crippen molar-refractivity contribution in [2.75, 3.05) is 19.6 Å². The van der Waals surface area contributed by atoms with Crippen LogP contribution in [0.3, 0.4) is 0 Å². The molecule has 0 spiro atoms. The standard InChI is InChI=1S/C17H23N3S.ClH/c1-5-19(6-2)9-10-20-15-8-7-12(3)17-16(15)14(18-20)11-13(4)21-17;/h7-8,11H,5-6,9-10H2,1-4H3;1H. The fraction of sp³-hybridized carbons (Fsp3) is 0.471. The van der Waals surface area contributed by atoms with E-state index in [0.717, 1.165) is 31.9 Å². The fourth-order valence-electron chi connectivity index (χ4n) is 2.93. The van der Waals surface area contributed by atoms with E-state index in [2.05, 4.69) is 55.5 Å². The van der Waals surface area contributed by atoms with Gasteiger partial charge in [0.1, 0.15) is 0 Å². The molecule has 22 heavy (non-hydrogen) atoms. The molecule has 2 heterocycles. The molecule has 5 heteroatoms. The van der Waals surface area contributed by atoms with E-state index in [-0.39, 0.29) is 12.4 Å². The van der Waals surface area contributed by atoms with Gasteiger partial charge in [0.15, 0.2) is 0 Å². The lowest BCUT2D eigenvalue weighted by Crippen LogP contribution is -2.27. The lowest BCUT2D eigenvalue weighted by Gasteiger charge is -2.18. The fourth-order valence-corrected chi connectivity index (χ4v) is 3.97. The van der Waals surface area contributed by atoms with Crippen molar-refractivity contribution in [3.63, 3.8) is 0 Å². The number of aryl methyl sites for hydroxylation is 1. The first-order valence-electron chi connectivity index (χ1n) is 7.72. The summed E-state index contributed by atoms with van der Waals surface area (Å²) in [6.07, 6.45) is 2.22. The van der Waals surface area contributed by atoms with Gasteiger partial charge in [-0.25, -0.2) is 0 Å². The number of benzene rings is 1. The van der Waals surface area contributed by atoms with Gasteiger partial charge in [0.05, 0.1) is 17.8 Å². The maximum atomic E-state index is 4.85. The highest BCUT2D eigenvalue weighted by Gasteiger charge is 2.19. The van der Waals surface area contributed by atoms with E-state index < -0.39 is 0 Å². The average molecular weight is 338 g/mol. The zero-order valence-corrected chi connectivity index (χ0v) is 15.4. The molecule has 1 aromatic heterocycles. The highest BCUT2D eigenvalue weighted by Crippen LogP contribution is 2.42. The first-order chi connectivity index (χ1) is 10.1. The average Bonchev–Trinajstić information content (AvgIpc) is 2.82. The lowest BCUT2D eigenvalue weighted by atomic mass is 10.1. The minimum atomic E-state index is 0. The smallest absolute Gasteiger partial charge is 0.0949 e. The van der Waals surface area contributed by atoms with Crippen molar-refractivity contribution in [1.82, 2.24) is 14.7 Å². The number of thioether (sulfide) groups is 1. The number of nitrogens with zero attached hydrogens (tertiary/aromatic N) is 3. The monoisotopic (exact) mass is 337 g/mol. The number of hydrogen-bond donors (Lipinski definition) is 0. The molecule has 2 aromatic rings. The van der Waals surface area contributed by atoms with Crippen molar-refractivity contribution in [2.45, 2.75) is 39.1 Å². The first-order valence-corrected chi connectivity index (χ1v) is 8.54. The molecule has 3 nitrogen and oxygen atoms in total. The molecule has 0 amide bonds. The largest absolute Gasteiger partial charge is 0.302 e. The van der Waals surface area contributed by atoms with Gasteiger partial charge in [-0.15, -0.1) is 12.4 Å². The van der Waals surface area contributed by atoms with Crippen LogP contribution in [0.15, 0.2) is 21.9 Å². The van der Waals surface area contributed by atoms with Crippen LogP contribution >= 0.6 is 24.2 Å². The summed E-state index contributed by atoms with van der Waals surface area (Å²) in [6.45, 7) is 13.0. The molecule has 1 aliphatic rings. The third-order valence-corrected chi connectivity index (χ3v) is 5.39. The van der Waals surface area contributed by atoms with Crippen LogP contribution in [0.5, 0.6) is 0 Å². The van der Waals surface area contributed by atoms with Gasteiger partial charge in [0.25, 0.3) is 0 Å². The van der Waals surface area contributed by atoms with Gasteiger partial charge >= 0.3 is 0 Å².